The van der Waals surface area contributed by atoms with Crippen LogP contribution in [0.4, 0.5) is 0 Å². The van der Waals surface area contributed by atoms with E-state index < -0.39 is 6.10 Å². The van der Waals surface area contributed by atoms with Gasteiger partial charge in [-0.2, -0.15) is 0 Å². The molecule has 1 aliphatic heterocycles. The summed E-state index contributed by atoms with van der Waals surface area (Å²) in [5.74, 6) is -0.303. The first-order valence-electron chi connectivity index (χ1n) is 7.10. The van der Waals surface area contributed by atoms with Crippen LogP contribution in [0.5, 0.6) is 0 Å². The van der Waals surface area contributed by atoms with Gasteiger partial charge in [-0.3, -0.25) is 4.79 Å². The van der Waals surface area contributed by atoms with Crippen LogP contribution in [-0.2, 0) is 4.79 Å². The number of carbonyl (C=O) groups is 1. The number of aliphatic hydroxyl groups is 1. The second-order valence-electron chi connectivity index (χ2n) is 6.33. The first-order valence-corrected chi connectivity index (χ1v) is 7.10. The number of carbonyl (C=O) groups excluding carboxylic acids is 1. The van der Waals surface area contributed by atoms with Crippen LogP contribution in [0.2, 0.25) is 0 Å². The second kappa shape index (κ2) is 6.68. The minimum Gasteiger partial charge on any atom is -0.383 e. The maximum absolute atomic E-state index is 11.9. The molecule has 1 aliphatic rings. The molecule has 2 N–H and O–H groups in total. The summed E-state index contributed by atoms with van der Waals surface area (Å²) in [4.78, 5) is 16.4. The Morgan fingerprint density at radius 3 is 2.32 bits per heavy atom. The Balaban J connectivity index is 2.58. The summed E-state index contributed by atoms with van der Waals surface area (Å²) in [5.41, 5.74) is 0.0128. The normalized spacial score (nSPS) is 21.7. The molecule has 19 heavy (non-hydrogen) atoms. The minimum absolute atomic E-state index is 0.0128. The van der Waals surface area contributed by atoms with Crippen molar-refractivity contribution in [2.24, 2.45) is 5.92 Å². The van der Waals surface area contributed by atoms with Gasteiger partial charge in [-0.25, -0.2) is 0 Å². The third-order valence-electron chi connectivity index (χ3n) is 4.36. The van der Waals surface area contributed by atoms with Gasteiger partial charge < -0.3 is 20.2 Å². The monoisotopic (exact) mass is 271 g/mol. The molecule has 0 saturated carbocycles. The summed E-state index contributed by atoms with van der Waals surface area (Å²) in [5, 5.41) is 12.7. The molecule has 1 unspecified atom stereocenters. The van der Waals surface area contributed by atoms with Gasteiger partial charge >= 0.3 is 0 Å². The smallest absolute Gasteiger partial charge is 0.249 e. The Morgan fingerprint density at radius 1 is 1.37 bits per heavy atom. The number of piperidine rings is 1. The molecule has 1 heterocycles. The predicted molar refractivity (Wildman–Crippen MR) is 77.0 cm³/mol. The number of amides is 1. The van der Waals surface area contributed by atoms with Crippen LogP contribution in [0.25, 0.3) is 0 Å². The lowest BCUT2D eigenvalue weighted by Gasteiger charge is -2.45. The maximum atomic E-state index is 11.9. The molecule has 1 fully saturated rings. The standard InChI is InChI=1S/C14H29N3O2/c1-11(2)12(18)13(19)15-10-14(16(3)4)6-8-17(5)9-7-14/h11-12,18H,6-10H2,1-5H3,(H,15,19). The van der Waals surface area contributed by atoms with E-state index in [9.17, 15) is 9.90 Å². The highest BCUT2D eigenvalue weighted by atomic mass is 16.3. The number of rotatable bonds is 5. The van der Waals surface area contributed by atoms with Crippen LogP contribution in [0.15, 0.2) is 0 Å². The van der Waals surface area contributed by atoms with Crippen molar-refractivity contribution in [3.05, 3.63) is 0 Å². The van der Waals surface area contributed by atoms with Crippen molar-refractivity contribution in [2.75, 3.05) is 40.8 Å². The third kappa shape index (κ3) is 4.16. The molecule has 0 aromatic rings. The van der Waals surface area contributed by atoms with E-state index in [1.165, 1.54) is 0 Å². The summed E-state index contributed by atoms with van der Waals surface area (Å²) in [6, 6.07) is 0. The van der Waals surface area contributed by atoms with E-state index in [4.69, 9.17) is 0 Å². The Bertz CT molecular complexity index is 297. The van der Waals surface area contributed by atoms with Crippen LogP contribution in [-0.4, -0.2) is 73.2 Å². The number of aliphatic hydroxyl groups excluding tert-OH is 1. The quantitative estimate of drug-likeness (QED) is 0.747. The van der Waals surface area contributed by atoms with E-state index in [0.717, 1.165) is 25.9 Å². The number of hydrogen-bond donors (Lipinski definition) is 2. The van der Waals surface area contributed by atoms with Crippen molar-refractivity contribution in [3.63, 3.8) is 0 Å². The average Bonchev–Trinajstić information content (AvgIpc) is 2.36. The van der Waals surface area contributed by atoms with Crippen LogP contribution in [0.1, 0.15) is 26.7 Å². The fraction of sp³-hybridized carbons (Fsp3) is 0.929. The molecular formula is C14H29N3O2. The van der Waals surface area contributed by atoms with Gasteiger partial charge in [0.2, 0.25) is 5.91 Å². The van der Waals surface area contributed by atoms with Gasteiger partial charge in [-0.1, -0.05) is 13.8 Å². The lowest BCUT2D eigenvalue weighted by molar-refractivity contribution is -0.132. The second-order valence-corrected chi connectivity index (χ2v) is 6.33. The highest BCUT2D eigenvalue weighted by Crippen LogP contribution is 2.25. The van der Waals surface area contributed by atoms with Crippen molar-refractivity contribution >= 4 is 5.91 Å². The lowest BCUT2D eigenvalue weighted by Crippen LogP contribution is -2.58. The maximum Gasteiger partial charge on any atom is 0.249 e. The van der Waals surface area contributed by atoms with Crippen LogP contribution in [0, 0.1) is 5.92 Å². The summed E-state index contributed by atoms with van der Waals surface area (Å²) >= 11 is 0. The third-order valence-corrected chi connectivity index (χ3v) is 4.36. The predicted octanol–water partition coefficient (Wildman–Crippen LogP) is 0.146. The summed E-state index contributed by atoms with van der Waals surface area (Å²) in [6.07, 6.45) is 1.16. The molecule has 0 spiro atoms. The minimum atomic E-state index is -0.912. The van der Waals surface area contributed by atoms with E-state index >= 15 is 0 Å². The zero-order chi connectivity index (χ0) is 14.6. The first kappa shape index (κ1) is 16.4. The molecule has 1 amide bonds. The van der Waals surface area contributed by atoms with E-state index in [1.54, 1.807) is 0 Å². The van der Waals surface area contributed by atoms with Crippen molar-refractivity contribution in [1.82, 2.24) is 15.1 Å². The highest BCUT2D eigenvalue weighted by molar-refractivity contribution is 5.80. The van der Waals surface area contributed by atoms with Gasteiger partial charge in [0.15, 0.2) is 0 Å². The summed E-state index contributed by atoms with van der Waals surface area (Å²) < 4.78 is 0. The Kier molecular flexibility index (Phi) is 5.77. The fourth-order valence-electron chi connectivity index (χ4n) is 2.48. The molecule has 5 nitrogen and oxygen atoms in total. The SMILES string of the molecule is CC(C)C(O)C(=O)NCC1(N(C)C)CCN(C)CC1. The zero-order valence-corrected chi connectivity index (χ0v) is 12.9. The molecule has 1 atom stereocenters. The van der Waals surface area contributed by atoms with Gasteiger partial charge in [0.1, 0.15) is 6.10 Å². The molecule has 112 valence electrons. The van der Waals surface area contributed by atoms with Crippen LogP contribution >= 0.6 is 0 Å². The van der Waals surface area contributed by atoms with Gasteiger partial charge in [-0.15, -0.1) is 0 Å². The van der Waals surface area contributed by atoms with E-state index in [0.29, 0.717) is 6.54 Å². The fourth-order valence-corrected chi connectivity index (χ4v) is 2.48. The molecule has 0 radical (unpaired) electrons. The summed E-state index contributed by atoms with van der Waals surface area (Å²) in [6.45, 7) is 6.39. The molecule has 1 saturated heterocycles. The Labute approximate surface area is 117 Å². The first-order chi connectivity index (χ1) is 8.78. The van der Waals surface area contributed by atoms with Gasteiger partial charge in [0.25, 0.3) is 0 Å². The zero-order valence-electron chi connectivity index (χ0n) is 12.9. The van der Waals surface area contributed by atoms with Gasteiger partial charge in [0, 0.05) is 12.1 Å². The topological polar surface area (TPSA) is 55.8 Å². The molecule has 0 bridgehead atoms. The van der Waals surface area contributed by atoms with E-state index in [2.05, 4.69) is 36.3 Å². The number of likely N-dealkylation sites (N-methyl/N-ethyl adjacent to an activating group) is 1. The molecule has 0 aromatic heterocycles. The Hall–Kier alpha value is -0.650. The van der Waals surface area contributed by atoms with Crippen molar-refractivity contribution < 1.29 is 9.90 Å². The van der Waals surface area contributed by atoms with Crippen LogP contribution < -0.4 is 5.32 Å². The summed E-state index contributed by atoms with van der Waals surface area (Å²) in [7, 11) is 6.26. The van der Waals surface area contributed by atoms with Crippen molar-refractivity contribution in [2.45, 2.75) is 38.3 Å². The number of nitrogens with one attached hydrogen (secondary N) is 1. The Morgan fingerprint density at radius 2 is 1.89 bits per heavy atom. The van der Waals surface area contributed by atoms with Crippen LogP contribution in [0.3, 0.4) is 0 Å². The number of likely N-dealkylation sites (tertiary alicyclic amines) is 1. The highest BCUT2D eigenvalue weighted by Gasteiger charge is 2.36. The van der Waals surface area contributed by atoms with Crippen molar-refractivity contribution in [1.29, 1.82) is 0 Å². The van der Waals surface area contributed by atoms with Gasteiger partial charge in [-0.05, 0) is 53.0 Å². The largest absolute Gasteiger partial charge is 0.383 e. The molecule has 0 aliphatic carbocycles. The molecule has 0 aromatic carbocycles. The van der Waals surface area contributed by atoms with Crippen molar-refractivity contribution in [3.8, 4) is 0 Å². The van der Waals surface area contributed by atoms with Gasteiger partial charge in [0.05, 0.1) is 0 Å². The average molecular weight is 271 g/mol. The number of nitrogens with zero attached hydrogens (tertiary/aromatic N) is 2. The molecule has 5 heteroatoms. The van der Waals surface area contributed by atoms with E-state index in [-0.39, 0.29) is 17.4 Å². The molecular weight excluding hydrogens is 242 g/mol. The molecule has 1 rings (SSSR count). The lowest BCUT2D eigenvalue weighted by atomic mass is 9.86. The van der Waals surface area contributed by atoms with E-state index in [1.807, 2.05) is 13.8 Å². The number of hydrogen-bond acceptors (Lipinski definition) is 4.